The van der Waals surface area contributed by atoms with Crippen molar-refractivity contribution < 1.29 is 4.74 Å². The number of nitriles is 1. The van der Waals surface area contributed by atoms with Crippen LogP contribution in [0.25, 0.3) is 5.76 Å². The van der Waals surface area contributed by atoms with Gasteiger partial charge in [-0.1, -0.05) is 60.7 Å². The Bertz CT molecular complexity index is 682. The molecule has 2 nitrogen and oxygen atoms in total. The molecule has 0 bridgehead atoms. The van der Waals surface area contributed by atoms with Gasteiger partial charge in [-0.05, 0) is 12.5 Å². The van der Waals surface area contributed by atoms with Crippen LogP contribution in [0.4, 0.5) is 0 Å². The number of hydrogen-bond donors (Lipinski definition) is 0. The second-order valence-corrected chi connectivity index (χ2v) is 5.16. The molecule has 20 heavy (non-hydrogen) atoms. The summed E-state index contributed by atoms with van der Waals surface area (Å²) in [6.45, 7) is 2.04. The number of benzene rings is 2. The van der Waals surface area contributed by atoms with Gasteiger partial charge in [0.2, 0.25) is 0 Å². The SMILES string of the molecule is CC1(c2ccccc2)CC(C#N)=C(c2ccccc2)O1. The zero-order valence-electron chi connectivity index (χ0n) is 11.3. The van der Waals surface area contributed by atoms with Crippen molar-refractivity contribution in [2.45, 2.75) is 18.9 Å². The Kier molecular flexibility index (Phi) is 3.04. The molecule has 2 aromatic rings. The van der Waals surface area contributed by atoms with Crippen molar-refractivity contribution in [2.75, 3.05) is 0 Å². The minimum absolute atomic E-state index is 0.461. The largest absolute Gasteiger partial charge is 0.481 e. The minimum atomic E-state index is -0.461. The van der Waals surface area contributed by atoms with Crippen LogP contribution < -0.4 is 0 Å². The Balaban J connectivity index is 2.00. The van der Waals surface area contributed by atoms with E-state index in [1.807, 2.05) is 67.6 Å². The summed E-state index contributed by atoms with van der Waals surface area (Å²) in [5.74, 6) is 0.708. The monoisotopic (exact) mass is 261 g/mol. The van der Waals surface area contributed by atoms with Gasteiger partial charge in [0, 0.05) is 12.0 Å². The highest BCUT2D eigenvalue weighted by Crippen LogP contribution is 2.44. The molecule has 0 saturated heterocycles. The molecule has 3 rings (SSSR count). The lowest BCUT2D eigenvalue weighted by Crippen LogP contribution is -2.20. The summed E-state index contributed by atoms with van der Waals surface area (Å²) in [5.41, 5.74) is 2.31. The third-order valence-corrected chi connectivity index (χ3v) is 3.67. The fraction of sp³-hybridized carbons (Fsp3) is 0.167. The van der Waals surface area contributed by atoms with Crippen molar-refractivity contribution in [3.8, 4) is 6.07 Å². The van der Waals surface area contributed by atoms with E-state index in [9.17, 15) is 5.26 Å². The summed E-state index contributed by atoms with van der Waals surface area (Å²) in [4.78, 5) is 0. The average molecular weight is 261 g/mol. The van der Waals surface area contributed by atoms with Crippen molar-refractivity contribution in [3.63, 3.8) is 0 Å². The predicted molar refractivity (Wildman–Crippen MR) is 78.5 cm³/mol. The number of rotatable bonds is 2. The maximum absolute atomic E-state index is 9.39. The average Bonchev–Trinajstić information content (AvgIpc) is 2.88. The molecule has 2 aromatic carbocycles. The van der Waals surface area contributed by atoms with Gasteiger partial charge in [-0.15, -0.1) is 0 Å². The molecule has 1 aliphatic heterocycles. The Labute approximate surface area is 118 Å². The summed E-state index contributed by atoms with van der Waals surface area (Å²) in [7, 11) is 0. The maximum atomic E-state index is 9.39. The van der Waals surface area contributed by atoms with Gasteiger partial charge < -0.3 is 4.74 Å². The van der Waals surface area contributed by atoms with Gasteiger partial charge in [-0.2, -0.15) is 5.26 Å². The van der Waals surface area contributed by atoms with Gasteiger partial charge in [0.1, 0.15) is 11.4 Å². The van der Waals surface area contributed by atoms with Gasteiger partial charge >= 0.3 is 0 Å². The topological polar surface area (TPSA) is 33.0 Å². The summed E-state index contributed by atoms with van der Waals surface area (Å²) in [5, 5.41) is 9.39. The smallest absolute Gasteiger partial charge is 0.141 e. The van der Waals surface area contributed by atoms with E-state index in [2.05, 4.69) is 6.07 Å². The second kappa shape index (κ2) is 4.86. The summed E-state index contributed by atoms with van der Waals surface area (Å²) >= 11 is 0. The van der Waals surface area contributed by atoms with Crippen LogP contribution in [-0.2, 0) is 10.3 Å². The molecule has 0 spiro atoms. The predicted octanol–water partition coefficient (Wildman–Crippen LogP) is 4.26. The normalized spacial score (nSPS) is 21.4. The Hall–Kier alpha value is -2.53. The molecule has 0 amide bonds. The molecule has 0 saturated carbocycles. The first-order valence-electron chi connectivity index (χ1n) is 6.66. The first kappa shape index (κ1) is 12.5. The molecule has 0 aromatic heterocycles. The fourth-order valence-corrected chi connectivity index (χ4v) is 2.61. The van der Waals surface area contributed by atoms with Crippen LogP contribution in [0.15, 0.2) is 66.2 Å². The molecule has 1 aliphatic rings. The van der Waals surface area contributed by atoms with Gasteiger partial charge in [-0.3, -0.25) is 0 Å². The summed E-state index contributed by atoms with van der Waals surface area (Å²) in [6.07, 6.45) is 0.609. The molecular weight excluding hydrogens is 246 g/mol. The molecule has 1 heterocycles. The second-order valence-electron chi connectivity index (χ2n) is 5.16. The minimum Gasteiger partial charge on any atom is -0.481 e. The summed E-state index contributed by atoms with van der Waals surface area (Å²) in [6, 6.07) is 22.2. The highest BCUT2D eigenvalue weighted by atomic mass is 16.5. The Morgan fingerprint density at radius 2 is 1.60 bits per heavy atom. The Morgan fingerprint density at radius 1 is 1.00 bits per heavy atom. The molecule has 1 atom stereocenters. The quantitative estimate of drug-likeness (QED) is 0.809. The molecule has 0 aliphatic carbocycles. The lowest BCUT2D eigenvalue weighted by molar-refractivity contribution is 0.0776. The molecule has 98 valence electrons. The van der Waals surface area contributed by atoms with Crippen molar-refractivity contribution in [3.05, 3.63) is 77.4 Å². The van der Waals surface area contributed by atoms with Crippen molar-refractivity contribution in [1.82, 2.24) is 0 Å². The van der Waals surface area contributed by atoms with E-state index in [4.69, 9.17) is 4.74 Å². The van der Waals surface area contributed by atoms with Crippen LogP contribution in [0.5, 0.6) is 0 Å². The molecule has 0 N–H and O–H groups in total. The highest BCUT2D eigenvalue weighted by Gasteiger charge is 2.38. The molecule has 0 fully saturated rings. The van der Waals surface area contributed by atoms with E-state index in [0.29, 0.717) is 17.8 Å². The van der Waals surface area contributed by atoms with Gasteiger partial charge in [-0.25, -0.2) is 0 Å². The van der Waals surface area contributed by atoms with E-state index in [1.54, 1.807) is 0 Å². The molecular formula is C18H15NO. The van der Waals surface area contributed by atoms with Crippen LogP contribution in [0, 0.1) is 11.3 Å². The van der Waals surface area contributed by atoms with Crippen LogP contribution in [0.2, 0.25) is 0 Å². The third kappa shape index (κ3) is 2.08. The maximum Gasteiger partial charge on any atom is 0.141 e. The number of ether oxygens (including phenoxy) is 1. The molecule has 0 radical (unpaired) electrons. The van der Waals surface area contributed by atoms with E-state index >= 15 is 0 Å². The van der Waals surface area contributed by atoms with Gasteiger partial charge in [0.05, 0.1) is 11.6 Å². The Morgan fingerprint density at radius 3 is 2.20 bits per heavy atom. The van der Waals surface area contributed by atoms with E-state index < -0.39 is 5.60 Å². The van der Waals surface area contributed by atoms with Crippen LogP contribution in [0.3, 0.4) is 0 Å². The summed E-state index contributed by atoms with van der Waals surface area (Å²) < 4.78 is 6.18. The van der Waals surface area contributed by atoms with Gasteiger partial charge in [0.15, 0.2) is 0 Å². The van der Waals surface area contributed by atoms with Crippen LogP contribution >= 0.6 is 0 Å². The van der Waals surface area contributed by atoms with Crippen LogP contribution in [-0.4, -0.2) is 0 Å². The van der Waals surface area contributed by atoms with Crippen molar-refractivity contribution in [1.29, 1.82) is 5.26 Å². The lowest BCUT2D eigenvalue weighted by Gasteiger charge is -2.25. The van der Waals surface area contributed by atoms with E-state index in [0.717, 1.165) is 11.1 Å². The zero-order chi connectivity index (χ0) is 14.0. The first-order valence-corrected chi connectivity index (χ1v) is 6.66. The standard InChI is InChI=1S/C18H15NO/c1-18(16-10-6-3-7-11-16)12-15(13-19)17(20-18)14-8-4-2-5-9-14/h2-11H,12H2,1H3. The van der Waals surface area contributed by atoms with E-state index in [1.165, 1.54) is 0 Å². The highest BCUT2D eigenvalue weighted by molar-refractivity contribution is 5.69. The molecule has 2 heteroatoms. The van der Waals surface area contributed by atoms with Crippen molar-refractivity contribution >= 4 is 5.76 Å². The lowest BCUT2D eigenvalue weighted by atomic mass is 9.91. The first-order chi connectivity index (χ1) is 9.73. The van der Waals surface area contributed by atoms with Gasteiger partial charge in [0.25, 0.3) is 0 Å². The van der Waals surface area contributed by atoms with Crippen molar-refractivity contribution in [2.24, 2.45) is 0 Å². The fourth-order valence-electron chi connectivity index (χ4n) is 2.61. The number of hydrogen-bond acceptors (Lipinski definition) is 2. The number of nitrogens with zero attached hydrogens (tertiary/aromatic N) is 1. The van der Waals surface area contributed by atoms with Crippen LogP contribution in [0.1, 0.15) is 24.5 Å². The third-order valence-electron chi connectivity index (χ3n) is 3.67. The zero-order valence-corrected chi connectivity index (χ0v) is 11.3. The molecule has 1 unspecified atom stereocenters. The van der Waals surface area contributed by atoms with E-state index in [-0.39, 0.29) is 0 Å².